The van der Waals surface area contributed by atoms with E-state index in [1.807, 2.05) is 22.9 Å². The topological polar surface area (TPSA) is 76.4 Å². The van der Waals surface area contributed by atoms with Crippen molar-refractivity contribution < 1.29 is 5.21 Å². The minimum Gasteiger partial charge on any atom is -0.409 e. The largest absolute Gasteiger partial charge is 0.409 e. The van der Waals surface area contributed by atoms with E-state index >= 15 is 0 Å². The van der Waals surface area contributed by atoms with Crippen molar-refractivity contribution in [1.82, 2.24) is 9.78 Å². The van der Waals surface area contributed by atoms with E-state index in [4.69, 9.17) is 10.9 Å². The molecule has 6 heteroatoms. The van der Waals surface area contributed by atoms with E-state index in [2.05, 4.69) is 46.1 Å². The van der Waals surface area contributed by atoms with Crippen LogP contribution in [0.5, 0.6) is 0 Å². The summed E-state index contributed by atoms with van der Waals surface area (Å²) in [5, 5.41) is 16.3. The molecular weight excluding hydrogens is 320 g/mol. The quantitative estimate of drug-likeness (QED) is 0.390. The fraction of sp³-hybridized carbons (Fsp3) is 0.286. The summed E-state index contributed by atoms with van der Waals surface area (Å²) in [5.41, 5.74) is 9.40. The second-order valence-corrected chi connectivity index (χ2v) is 5.25. The molecule has 1 heterocycles. The molecule has 0 bridgehead atoms. The van der Waals surface area contributed by atoms with E-state index < -0.39 is 0 Å². The highest BCUT2D eigenvalue weighted by atomic mass is 79.9. The summed E-state index contributed by atoms with van der Waals surface area (Å²) in [4.78, 5) is 0. The van der Waals surface area contributed by atoms with E-state index in [-0.39, 0.29) is 5.84 Å². The van der Waals surface area contributed by atoms with Crippen LogP contribution in [-0.2, 0) is 12.8 Å². The summed E-state index contributed by atoms with van der Waals surface area (Å²) in [6.07, 6.45) is 1.81. The molecule has 0 spiro atoms. The van der Waals surface area contributed by atoms with Crippen molar-refractivity contribution >= 4 is 21.8 Å². The third-order valence-corrected chi connectivity index (χ3v) is 3.77. The van der Waals surface area contributed by atoms with Gasteiger partial charge in [0.25, 0.3) is 0 Å². The Balaban J connectivity index is 2.51. The Bertz CT molecular complexity index is 649. The molecule has 1 aromatic heterocycles. The molecule has 2 aromatic rings. The number of hydrogen-bond acceptors (Lipinski definition) is 3. The minimum absolute atomic E-state index is 0.0858. The zero-order chi connectivity index (χ0) is 14.7. The van der Waals surface area contributed by atoms with Crippen molar-refractivity contribution in [3.63, 3.8) is 0 Å². The maximum Gasteiger partial charge on any atom is 0.170 e. The van der Waals surface area contributed by atoms with Gasteiger partial charge < -0.3 is 10.9 Å². The third kappa shape index (κ3) is 2.70. The summed E-state index contributed by atoms with van der Waals surface area (Å²) in [5.74, 6) is 0.0858. The highest BCUT2D eigenvalue weighted by Crippen LogP contribution is 2.24. The number of aryl methyl sites for hydroxylation is 2. The summed E-state index contributed by atoms with van der Waals surface area (Å²) in [6.45, 7) is 4.19. The molecule has 20 heavy (non-hydrogen) atoms. The van der Waals surface area contributed by atoms with Crippen LogP contribution >= 0.6 is 15.9 Å². The molecule has 0 saturated carbocycles. The average molecular weight is 337 g/mol. The predicted octanol–water partition coefficient (Wildman–Crippen LogP) is 2.85. The smallest absolute Gasteiger partial charge is 0.170 e. The van der Waals surface area contributed by atoms with Crippen molar-refractivity contribution in [3.8, 4) is 5.69 Å². The second-order valence-electron chi connectivity index (χ2n) is 4.40. The van der Waals surface area contributed by atoms with Gasteiger partial charge in [-0.2, -0.15) is 5.10 Å². The van der Waals surface area contributed by atoms with Crippen LogP contribution < -0.4 is 5.73 Å². The fourth-order valence-electron chi connectivity index (χ4n) is 2.00. The molecule has 1 aromatic carbocycles. The number of nitrogens with zero attached hydrogens (tertiary/aromatic N) is 3. The summed E-state index contributed by atoms with van der Waals surface area (Å²) >= 11 is 3.52. The van der Waals surface area contributed by atoms with Gasteiger partial charge >= 0.3 is 0 Å². The number of aromatic nitrogens is 2. The minimum atomic E-state index is 0.0858. The zero-order valence-electron chi connectivity index (χ0n) is 11.5. The van der Waals surface area contributed by atoms with Crippen LogP contribution in [0.3, 0.4) is 0 Å². The van der Waals surface area contributed by atoms with Gasteiger partial charge in [0.2, 0.25) is 0 Å². The molecule has 0 aliphatic heterocycles. The molecule has 0 unspecified atom stereocenters. The highest BCUT2D eigenvalue weighted by Gasteiger charge is 2.11. The van der Waals surface area contributed by atoms with Crippen LogP contribution in [-0.4, -0.2) is 20.8 Å². The van der Waals surface area contributed by atoms with E-state index in [1.54, 1.807) is 0 Å². The van der Waals surface area contributed by atoms with Crippen LogP contribution in [0.1, 0.15) is 30.8 Å². The first-order valence-electron chi connectivity index (χ1n) is 6.46. The summed E-state index contributed by atoms with van der Waals surface area (Å²) in [7, 11) is 0. The van der Waals surface area contributed by atoms with Gasteiger partial charge in [0.1, 0.15) is 0 Å². The molecule has 0 radical (unpaired) electrons. The molecular formula is C14H17BrN4O. The van der Waals surface area contributed by atoms with Gasteiger partial charge in [-0.3, -0.25) is 0 Å². The van der Waals surface area contributed by atoms with Crippen LogP contribution in [0.15, 0.2) is 33.9 Å². The molecule has 0 aliphatic carbocycles. The Morgan fingerprint density at radius 1 is 1.35 bits per heavy atom. The van der Waals surface area contributed by atoms with Gasteiger partial charge in [0.05, 0.1) is 11.4 Å². The third-order valence-electron chi connectivity index (χ3n) is 3.14. The first kappa shape index (κ1) is 14.6. The Morgan fingerprint density at radius 3 is 2.65 bits per heavy atom. The molecule has 0 atom stereocenters. The molecule has 5 nitrogen and oxygen atoms in total. The first-order valence-corrected chi connectivity index (χ1v) is 7.25. The maximum absolute atomic E-state index is 8.71. The van der Waals surface area contributed by atoms with Gasteiger partial charge in [-0.15, -0.1) is 0 Å². The molecule has 0 fully saturated rings. The number of nitrogens with two attached hydrogens (primary N) is 1. The van der Waals surface area contributed by atoms with Gasteiger partial charge in [0, 0.05) is 15.7 Å². The SMILES string of the molecule is CCc1cc(CC)n(-c2ccc(/C(N)=N/O)cc2Br)n1. The van der Waals surface area contributed by atoms with E-state index in [1.165, 1.54) is 0 Å². The number of amidine groups is 1. The molecule has 0 saturated heterocycles. The van der Waals surface area contributed by atoms with E-state index in [0.29, 0.717) is 5.56 Å². The maximum atomic E-state index is 8.71. The van der Waals surface area contributed by atoms with Gasteiger partial charge in [0.15, 0.2) is 5.84 Å². The lowest BCUT2D eigenvalue weighted by Crippen LogP contribution is -2.13. The Morgan fingerprint density at radius 2 is 2.10 bits per heavy atom. The number of hydrogen-bond donors (Lipinski definition) is 2. The molecule has 0 aliphatic rings. The molecule has 106 valence electrons. The zero-order valence-corrected chi connectivity index (χ0v) is 13.1. The predicted molar refractivity (Wildman–Crippen MR) is 82.5 cm³/mol. The fourth-order valence-corrected chi connectivity index (χ4v) is 2.55. The molecule has 3 N–H and O–H groups in total. The molecule has 2 rings (SSSR count). The van der Waals surface area contributed by atoms with Crippen molar-refractivity contribution in [3.05, 3.63) is 45.7 Å². The standard InChI is InChI=1S/C14H17BrN4O/c1-3-10-8-11(4-2)19(17-10)13-6-5-9(7-12(13)15)14(16)18-20/h5-8,20H,3-4H2,1-2H3,(H2,16,18). The van der Waals surface area contributed by atoms with Gasteiger partial charge in [-0.1, -0.05) is 19.0 Å². The highest BCUT2D eigenvalue weighted by molar-refractivity contribution is 9.10. The second kappa shape index (κ2) is 6.09. The number of oxime groups is 1. The lowest BCUT2D eigenvalue weighted by molar-refractivity contribution is 0.318. The summed E-state index contributed by atoms with van der Waals surface area (Å²) < 4.78 is 2.78. The Labute approximate surface area is 126 Å². The number of benzene rings is 1. The van der Waals surface area contributed by atoms with Crippen molar-refractivity contribution in [2.24, 2.45) is 10.9 Å². The van der Waals surface area contributed by atoms with Crippen molar-refractivity contribution in [2.45, 2.75) is 26.7 Å². The van der Waals surface area contributed by atoms with Crippen LogP contribution in [0, 0.1) is 0 Å². The average Bonchev–Trinajstić information content (AvgIpc) is 2.89. The Kier molecular flexibility index (Phi) is 4.44. The van der Waals surface area contributed by atoms with Crippen LogP contribution in [0.2, 0.25) is 0 Å². The first-order chi connectivity index (χ1) is 9.60. The lowest BCUT2D eigenvalue weighted by atomic mass is 10.2. The van der Waals surface area contributed by atoms with E-state index in [0.717, 1.165) is 34.4 Å². The van der Waals surface area contributed by atoms with Crippen LogP contribution in [0.25, 0.3) is 5.69 Å². The normalized spacial score (nSPS) is 11.8. The van der Waals surface area contributed by atoms with Crippen molar-refractivity contribution in [2.75, 3.05) is 0 Å². The van der Waals surface area contributed by atoms with Crippen molar-refractivity contribution in [1.29, 1.82) is 0 Å². The monoisotopic (exact) mass is 336 g/mol. The van der Waals surface area contributed by atoms with E-state index in [9.17, 15) is 0 Å². The number of rotatable bonds is 4. The Hall–Kier alpha value is -1.82. The van der Waals surface area contributed by atoms with Gasteiger partial charge in [-0.05, 0) is 53.0 Å². The molecule has 0 amide bonds. The lowest BCUT2D eigenvalue weighted by Gasteiger charge is -2.09. The number of halogens is 1. The van der Waals surface area contributed by atoms with Crippen LogP contribution in [0.4, 0.5) is 0 Å². The van der Waals surface area contributed by atoms with Gasteiger partial charge in [-0.25, -0.2) is 4.68 Å². The summed E-state index contributed by atoms with van der Waals surface area (Å²) in [6, 6.07) is 7.64.